The standard InChI is InChI=1S/C16H27ClN4/c1-7-10(3)9-11(4)21-15(12(5)17)18-14-13(6)19-20(8-2)16(14)21/h10-12H,7-9H2,1-6H3. The third-order valence-electron chi connectivity index (χ3n) is 4.31. The number of imidazole rings is 1. The van der Waals surface area contributed by atoms with Crippen LogP contribution in [0.2, 0.25) is 0 Å². The van der Waals surface area contributed by atoms with Crippen molar-refractivity contribution in [1.82, 2.24) is 19.3 Å². The lowest BCUT2D eigenvalue weighted by atomic mass is 10.00. The van der Waals surface area contributed by atoms with Gasteiger partial charge in [0, 0.05) is 12.6 Å². The first kappa shape index (κ1) is 16.3. The third-order valence-corrected chi connectivity index (χ3v) is 4.50. The van der Waals surface area contributed by atoms with Crippen LogP contribution in [0.3, 0.4) is 0 Å². The molecular formula is C16H27ClN4. The lowest BCUT2D eigenvalue weighted by Crippen LogP contribution is -2.15. The highest BCUT2D eigenvalue weighted by atomic mass is 35.5. The van der Waals surface area contributed by atoms with Gasteiger partial charge in [-0.15, -0.1) is 11.6 Å². The second-order valence-corrected chi connectivity index (χ2v) is 6.78. The molecule has 2 aromatic heterocycles. The molecule has 0 saturated heterocycles. The minimum atomic E-state index is -0.0958. The maximum absolute atomic E-state index is 6.39. The van der Waals surface area contributed by atoms with Crippen LogP contribution in [-0.4, -0.2) is 19.3 Å². The highest BCUT2D eigenvalue weighted by Gasteiger charge is 2.24. The molecule has 2 aromatic rings. The van der Waals surface area contributed by atoms with Crippen LogP contribution < -0.4 is 0 Å². The highest BCUT2D eigenvalue weighted by molar-refractivity contribution is 6.20. The largest absolute Gasteiger partial charge is 0.309 e. The first-order chi connectivity index (χ1) is 9.90. The Morgan fingerprint density at radius 1 is 1.19 bits per heavy atom. The Morgan fingerprint density at radius 3 is 2.38 bits per heavy atom. The van der Waals surface area contributed by atoms with E-state index in [9.17, 15) is 0 Å². The van der Waals surface area contributed by atoms with Gasteiger partial charge in [-0.1, -0.05) is 20.3 Å². The quantitative estimate of drug-likeness (QED) is 0.714. The first-order valence-corrected chi connectivity index (χ1v) is 8.43. The van der Waals surface area contributed by atoms with Gasteiger partial charge in [0.2, 0.25) is 0 Å². The second kappa shape index (κ2) is 6.39. The maximum Gasteiger partial charge on any atom is 0.159 e. The van der Waals surface area contributed by atoms with Gasteiger partial charge in [0.25, 0.3) is 0 Å². The van der Waals surface area contributed by atoms with Crippen molar-refractivity contribution in [3.63, 3.8) is 0 Å². The molecule has 0 amide bonds. The summed E-state index contributed by atoms with van der Waals surface area (Å²) in [6, 6.07) is 0.377. The molecule has 0 N–H and O–H groups in total. The van der Waals surface area contributed by atoms with E-state index in [-0.39, 0.29) is 5.38 Å². The van der Waals surface area contributed by atoms with Crippen molar-refractivity contribution in [1.29, 1.82) is 0 Å². The Balaban J connectivity index is 2.59. The molecule has 0 aliphatic heterocycles. The van der Waals surface area contributed by atoms with E-state index >= 15 is 0 Å². The number of halogens is 1. The van der Waals surface area contributed by atoms with Crippen molar-refractivity contribution >= 4 is 22.8 Å². The summed E-state index contributed by atoms with van der Waals surface area (Å²) >= 11 is 6.39. The van der Waals surface area contributed by atoms with Gasteiger partial charge >= 0.3 is 0 Å². The Morgan fingerprint density at radius 2 is 1.86 bits per heavy atom. The van der Waals surface area contributed by atoms with Gasteiger partial charge in [-0.2, -0.15) is 5.10 Å². The SMILES string of the molecule is CCC(C)CC(C)n1c(C(C)Cl)nc2c(C)nn(CC)c21. The molecule has 118 valence electrons. The van der Waals surface area contributed by atoms with Gasteiger partial charge in [0.15, 0.2) is 5.65 Å². The summed E-state index contributed by atoms with van der Waals surface area (Å²) < 4.78 is 4.36. The van der Waals surface area contributed by atoms with Crippen molar-refractivity contribution < 1.29 is 0 Å². The van der Waals surface area contributed by atoms with Gasteiger partial charge in [-0.05, 0) is 40.0 Å². The summed E-state index contributed by atoms with van der Waals surface area (Å²) in [6.07, 6.45) is 2.33. The van der Waals surface area contributed by atoms with Crippen molar-refractivity contribution in [3.8, 4) is 0 Å². The van der Waals surface area contributed by atoms with Gasteiger partial charge < -0.3 is 4.57 Å². The number of alkyl halides is 1. The summed E-state index contributed by atoms with van der Waals surface area (Å²) in [6.45, 7) is 13.8. The van der Waals surface area contributed by atoms with Crippen LogP contribution in [0, 0.1) is 12.8 Å². The van der Waals surface area contributed by atoms with Crippen molar-refractivity contribution in [3.05, 3.63) is 11.5 Å². The van der Waals surface area contributed by atoms with E-state index in [1.807, 2.05) is 18.5 Å². The third kappa shape index (κ3) is 2.96. The van der Waals surface area contributed by atoms with E-state index in [0.717, 1.165) is 35.6 Å². The van der Waals surface area contributed by atoms with Crippen LogP contribution >= 0.6 is 11.6 Å². The Kier molecular flexibility index (Phi) is 4.97. The molecule has 0 spiro atoms. The molecule has 0 saturated carbocycles. The van der Waals surface area contributed by atoms with Gasteiger partial charge in [-0.3, -0.25) is 0 Å². The van der Waals surface area contributed by atoms with Gasteiger partial charge in [-0.25, -0.2) is 9.67 Å². The number of aromatic nitrogens is 4. The smallest absolute Gasteiger partial charge is 0.159 e. The Hall–Kier alpha value is -1.03. The van der Waals surface area contributed by atoms with Crippen LogP contribution in [0.25, 0.3) is 11.2 Å². The molecule has 5 heteroatoms. The Bertz CT molecular complexity index is 611. The van der Waals surface area contributed by atoms with Crippen LogP contribution in [0.5, 0.6) is 0 Å². The molecule has 0 aromatic carbocycles. The first-order valence-electron chi connectivity index (χ1n) is 7.99. The van der Waals surface area contributed by atoms with Gasteiger partial charge in [0.05, 0.1) is 11.1 Å². The van der Waals surface area contributed by atoms with E-state index in [2.05, 4.69) is 37.4 Å². The summed E-state index contributed by atoms with van der Waals surface area (Å²) in [7, 11) is 0. The number of hydrogen-bond donors (Lipinski definition) is 0. The zero-order valence-corrected chi connectivity index (χ0v) is 14.8. The summed E-state index contributed by atoms with van der Waals surface area (Å²) in [4.78, 5) is 4.78. The minimum absolute atomic E-state index is 0.0958. The van der Waals surface area contributed by atoms with Crippen LogP contribution in [0.1, 0.15) is 70.4 Å². The molecule has 2 rings (SSSR count). The summed E-state index contributed by atoms with van der Waals surface area (Å²) in [5, 5.41) is 4.51. The molecular weight excluding hydrogens is 284 g/mol. The van der Waals surface area contributed by atoms with E-state index in [0.29, 0.717) is 12.0 Å². The van der Waals surface area contributed by atoms with E-state index in [1.54, 1.807) is 0 Å². The molecule has 0 aliphatic carbocycles. The van der Waals surface area contributed by atoms with Crippen molar-refractivity contribution in [2.75, 3.05) is 0 Å². The minimum Gasteiger partial charge on any atom is -0.309 e. The second-order valence-electron chi connectivity index (χ2n) is 6.13. The molecule has 0 radical (unpaired) electrons. The van der Waals surface area contributed by atoms with Crippen LogP contribution in [0.4, 0.5) is 0 Å². The lowest BCUT2D eigenvalue weighted by Gasteiger charge is -2.21. The zero-order valence-electron chi connectivity index (χ0n) is 14.0. The maximum atomic E-state index is 6.39. The molecule has 0 aliphatic rings. The van der Waals surface area contributed by atoms with E-state index in [4.69, 9.17) is 16.6 Å². The average Bonchev–Trinajstić information content (AvgIpc) is 2.96. The predicted molar refractivity (Wildman–Crippen MR) is 89.0 cm³/mol. The fourth-order valence-corrected chi connectivity index (χ4v) is 3.15. The average molecular weight is 311 g/mol. The number of hydrogen-bond acceptors (Lipinski definition) is 2. The molecule has 4 nitrogen and oxygen atoms in total. The summed E-state index contributed by atoms with van der Waals surface area (Å²) in [5.41, 5.74) is 3.10. The van der Waals surface area contributed by atoms with Crippen LogP contribution in [0.15, 0.2) is 0 Å². The van der Waals surface area contributed by atoms with E-state index in [1.165, 1.54) is 6.42 Å². The topological polar surface area (TPSA) is 35.6 Å². The molecule has 3 unspecified atom stereocenters. The lowest BCUT2D eigenvalue weighted by molar-refractivity contribution is 0.392. The molecule has 0 fully saturated rings. The Labute approximate surface area is 132 Å². The molecule has 3 atom stereocenters. The fourth-order valence-electron chi connectivity index (χ4n) is 3.00. The highest BCUT2D eigenvalue weighted by Crippen LogP contribution is 2.32. The zero-order chi connectivity index (χ0) is 15.7. The van der Waals surface area contributed by atoms with E-state index < -0.39 is 0 Å². The monoisotopic (exact) mass is 310 g/mol. The van der Waals surface area contributed by atoms with Crippen molar-refractivity contribution in [2.45, 2.75) is 72.3 Å². The number of nitrogens with zero attached hydrogens (tertiary/aromatic N) is 4. The summed E-state index contributed by atoms with van der Waals surface area (Å²) in [5.74, 6) is 1.65. The molecule has 2 heterocycles. The predicted octanol–water partition coefficient (Wildman–Crippen LogP) is 4.86. The number of fused-ring (bicyclic) bond motifs is 1. The number of aryl methyl sites for hydroxylation is 2. The van der Waals surface area contributed by atoms with Crippen molar-refractivity contribution in [2.24, 2.45) is 5.92 Å². The normalized spacial score (nSPS) is 16.3. The fraction of sp³-hybridized carbons (Fsp3) is 0.750. The molecule has 21 heavy (non-hydrogen) atoms. The molecule has 0 bridgehead atoms. The van der Waals surface area contributed by atoms with Crippen LogP contribution in [-0.2, 0) is 6.54 Å². The number of rotatable bonds is 6. The van der Waals surface area contributed by atoms with Gasteiger partial charge in [0.1, 0.15) is 11.3 Å².